The Morgan fingerprint density at radius 2 is 1.94 bits per heavy atom. The Hall–Kier alpha value is -2.75. The van der Waals surface area contributed by atoms with Gasteiger partial charge in [-0.2, -0.15) is 0 Å². The van der Waals surface area contributed by atoms with Crippen LogP contribution in [0.5, 0.6) is 5.75 Å². The van der Waals surface area contributed by atoms with Crippen molar-refractivity contribution >= 4 is 21.9 Å². The van der Waals surface area contributed by atoms with Gasteiger partial charge in [0.05, 0.1) is 12.3 Å². The van der Waals surface area contributed by atoms with Crippen LogP contribution in [0, 0.1) is 5.41 Å². The van der Waals surface area contributed by atoms with E-state index in [9.17, 15) is 0 Å². The number of aromatic nitrogens is 1. The van der Waals surface area contributed by atoms with E-state index in [-0.39, 0.29) is 5.41 Å². The maximum absolute atomic E-state index is 6.29. The summed E-state index contributed by atoms with van der Waals surface area (Å²) in [6, 6.07) is 10.8. The van der Waals surface area contributed by atoms with Gasteiger partial charge < -0.3 is 13.7 Å². The fourth-order valence-corrected chi connectivity index (χ4v) is 5.45. The van der Waals surface area contributed by atoms with E-state index >= 15 is 0 Å². The molecule has 2 aromatic carbocycles. The van der Waals surface area contributed by atoms with Crippen molar-refractivity contribution < 1.29 is 13.7 Å². The molecule has 1 unspecified atom stereocenters. The van der Waals surface area contributed by atoms with Crippen molar-refractivity contribution in [2.24, 2.45) is 5.41 Å². The minimum atomic E-state index is 0.160. The molecule has 4 nitrogen and oxygen atoms in total. The first-order valence-corrected chi connectivity index (χ1v) is 12.9. The SMILES string of the molecule is CCCc1c(OCCc2cc3c4c(ccc3o2)C(C)CCC4)ccc2c(CC(C)(C)C)noc12. The normalized spacial score (nSPS) is 16.3. The Labute approximate surface area is 202 Å². The van der Waals surface area contributed by atoms with E-state index < -0.39 is 0 Å². The van der Waals surface area contributed by atoms with Crippen molar-refractivity contribution in [3.05, 3.63) is 58.5 Å². The quantitative estimate of drug-likeness (QED) is 0.279. The third-order valence-corrected chi connectivity index (χ3v) is 7.07. The Balaban J connectivity index is 1.35. The summed E-state index contributed by atoms with van der Waals surface area (Å²) in [4.78, 5) is 0. The highest BCUT2D eigenvalue weighted by molar-refractivity contribution is 5.85. The van der Waals surface area contributed by atoms with Crippen LogP contribution in [0.4, 0.5) is 0 Å². The highest BCUT2D eigenvalue weighted by Gasteiger charge is 2.22. The van der Waals surface area contributed by atoms with Gasteiger partial charge in [-0.3, -0.25) is 0 Å². The number of ether oxygens (including phenoxy) is 1. The molecular weight excluding hydrogens is 422 g/mol. The molecule has 4 heteroatoms. The second-order valence-corrected chi connectivity index (χ2v) is 11.2. The summed E-state index contributed by atoms with van der Waals surface area (Å²) in [5, 5.41) is 6.82. The van der Waals surface area contributed by atoms with Gasteiger partial charge in [-0.15, -0.1) is 0 Å². The van der Waals surface area contributed by atoms with Crippen LogP contribution in [0.25, 0.3) is 21.9 Å². The number of benzene rings is 2. The summed E-state index contributed by atoms with van der Waals surface area (Å²) in [6.07, 6.45) is 7.27. The monoisotopic (exact) mass is 459 g/mol. The molecule has 0 saturated carbocycles. The van der Waals surface area contributed by atoms with Gasteiger partial charge in [-0.05, 0) is 78.8 Å². The van der Waals surface area contributed by atoms with Crippen molar-refractivity contribution in [1.82, 2.24) is 5.16 Å². The van der Waals surface area contributed by atoms with Crippen LogP contribution in [0.1, 0.15) is 87.9 Å². The molecule has 2 aromatic heterocycles. The molecule has 0 N–H and O–H groups in total. The zero-order chi connectivity index (χ0) is 23.9. The molecule has 1 aliphatic carbocycles. The third kappa shape index (κ3) is 4.47. The van der Waals surface area contributed by atoms with Crippen LogP contribution in [0.3, 0.4) is 0 Å². The number of hydrogen-bond acceptors (Lipinski definition) is 4. The average Bonchev–Trinajstić information content (AvgIpc) is 3.38. The zero-order valence-corrected chi connectivity index (χ0v) is 21.3. The molecule has 1 atom stereocenters. The molecule has 0 aliphatic heterocycles. The second-order valence-electron chi connectivity index (χ2n) is 11.2. The van der Waals surface area contributed by atoms with Crippen LogP contribution in [-0.2, 0) is 25.7 Å². The lowest BCUT2D eigenvalue weighted by Crippen LogP contribution is -2.09. The molecule has 0 bridgehead atoms. The van der Waals surface area contributed by atoms with Crippen LogP contribution in [-0.4, -0.2) is 11.8 Å². The van der Waals surface area contributed by atoms with E-state index in [0.29, 0.717) is 12.5 Å². The van der Waals surface area contributed by atoms with Gasteiger partial charge in [-0.25, -0.2) is 0 Å². The Morgan fingerprint density at radius 3 is 2.74 bits per heavy atom. The summed E-state index contributed by atoms with van der Waals surface area (Å²) in [7, 11) is 0. The van der Waals surface area contributed by atoms with Gasteiger partial charge in [-0.1, -0.05) is 52.3 Å². The van der Waals surface area contributed by atoms with Crippen molar-refractivity contribution in [1.29, 1.82) is 0 Å². The maximum Gasteiger partial charge on any atom is 0.174 e. The Morgan fingerprint density at radius 1 is 1.09 bits per heavy atom. The minimum absolute atomic E-state index is 0.160. The molecule has 0 radical (unpaired) electrons. The summed E-state index contributed by atoms with van der Waals surface area (Å²) in [6.45, 7) is 11.8. The predicted molar refractivity (Wildman–Crippen MR) is 138 cm³/mol. The topological polar surface area (TPSA) is 48.4 Å². The number of aryl methyl sites for hydroxylation is 2. The van der Waals surface area contributed by atoms with Crippen molar-refractivity contribution in [2.45, 2.75) is 85.5 Å². The van der Waals surface area contributed by atoms with Crippen molar-refractivity contribution in [3.8, 4) is 5.75 Å². The van der Waals surface area contributed by atoms with E-state index in [1.165, 1.54) is 29.4 Å². The van der Waals surface area contributed by atoms with Crippen LogP contribution < -0.4 is 4.74 Å². The molecule has 0 spiro atoms. The minimum Gasteiger partial charge on any atom is -0.493 e. The number of furan rings is 1. The molecule has 180 valence electrons. The maximum atomic E-state index is 6.29. The molecule has 0 saturated heterocycles. The van der Waals surface area contributed by atoms with Crippen LogP contribution >= 0.6 is 0 Å². The second kappa shape index (κ2) is 9.13. The van der Waals surface area contributed by atoms with Gasteiger partial charge in [0.1, 0.15) is 17.1 Å². The van der Waals surface area contributed by atoms with Gasteiger partial charge in [0.2, 0.25) is 0 Å². The summed E-state index contributed by atoms with van der Waals surface area (Å²) >= 11 is 0. The van der Waals surface area contributed by atoms with Gasteiger partial charge in [0.15, 0.2) is 5.58 Å². The standard InChI is InChI=1S/C30H37NO3/c1-6-8-24-27(13-12-23-26(18-30(3,4)5)31-34-29(23)24)32-16-15-20-17-25-22-10-7-9-19(2)21(22)11-14-28(25)33-20/h11-14,17,19H,6-10,15-16,18H2,1-5H3. The van der Waals surface area contributed by atoms with Gasteiger partial charge in [0, 0.05) is 22.8 Å². The zero-order valence-electron chi connectivity index (χ0n) is 21.3. The summed E-state index contributed by atoms with van der Waals surface area (Å²) in [5.41, 5.74) is 7.18. The van der Waals surface area contributed by atoms with E-state index in [2.05, 4.69) is 70.1 Å². The molecule has 5 rings (SSSR count). The molecule has 2 heterocycles. The van der Waals surface area contributed by atoms with Crippen molar-refractivity contribution in [3.63, 3.8) is 0 Å². The van der Waals surface area contributed by atoms with Gasteiger partial charge in [0.25, 0.3) is 0 Å². The average molecular weight is 460 g/mol. The Bertz CT molecular complexity index is 1300. The number of nitrogens with zero attached hydrogens (tertiary/aromatic N) is 1. The van der Waals surface area contributed by atoms with Crippen molar-refractivity contribution in [2.75, 3.05) is 6.61 Å². The highest BCUT2D eigenvalue weighted by Crippen LogP contribution is 2.37. The lowest BCUT2D eigenvalue weighted by atomic mass is 9.82. The van der Waals surface area contributed by atoms with Crippen LogP contribution in [0.2, 0.25) is 0 Å². The molecule has 0 amide bonds. The van der Waals surface area contributed by atoms with E-state index in [0.717, 1.165) is 71.4 Å². The smallest absolute Gasteiger partial charge is 0.174 e. The molecule has 1 aliphatic rings. The number of rotatable bonds is 7. The molecule has 0 fully saturated rings. The van der Waals surface area contributed by atoms with Crippen LogP contribution in [0.15, 0.2) is 39.3 Å². The fourth-order valence-electron chi connectivity index (χ4n) is 5.45. The fraction of sp³-hybridized carbons (Fsp3) is 0.500. The third-order valence-electron chi connectivity index (χ3n) is 7.07. The largest absolute Gasteiger partial charge is 0.493 e. The van der Waals surface area contributed by atoms with E-state index in [1.54, 1.807) is 0 Å². The molecule has 4 aromatic rings. The van der Waals surface area contributed by atoms with E-state index in [1.807, 2.05) is 0 Å². The first-order chi connectivity index (χ1) is 16.3. The highest BCUT2D eigenvalue weighted by atomic mass is 16.5. The first kappa shape index (κ1) is 23.0. The lowest BCUT2D eigenvalue weighted by Gasteiger charge is -2.22. The molecule has 34 heavy (non-hydrogen) atoms. The summed E-state index contributed by atoms with van der Waals surface area (Å²) < 4.78 is 18.3. The lowest BCUT2D eigenvalue weighted by molar-refractivity contribution is 0.307. The van der Waals surface area contributed by atoms with E-state index in [4.69, 9.17) is 13.7 Å². The number of hydrogen-bond donors (Lipinski definition) is 0. The Kier molecular flexibility index (Phi) is 6.18. The number of fused-ring (bicyclic) bond motifs is 4. The first-order valence-electron chi connectivity index (χ1n) is 12.9. The molecular formula is C30H37NO3. The predicted octanol–water partition coefficient (Wildman–Crippen LogP) is 8.18. The van der Waals surface area contributed by atoms with Gasteiger partial charge >= 0.3 is 0 Å². The summed E-state index contributed by atoms with van der Waals surface area (Å²) in [5.74, 6) is 2.53.